The highest BCUT2D eigenvalue weighted by atomic mass is 16.5. The summed E-state index contributed by atoms with van der Waals surface area (Å²) in [6, 6.07) is 15.5. The lowest BCUT2D eigenvalue weighted by Gasteiger charge is -2.36. The molecule has 7 nitrogen and oxygen atoms in total. The van der Waals surface area contributed by atoms with Crippen LogP contribution in [0.1, 0.15) is 11.3 Å². The molecular formula is C26H29N5O2. The zero-order valence-electron chi connectivity index (χ0n) is 19.0. The summed E-state index contributed by atoms with van der Waals surface area (Å²) in [6.07, 6.45) is 3.08. The predicted molar refractivity (Wildman–Crippen MR) is 131 cm³/mol. The zero-order valence-corrected chi connectivity index (χ0v) is 19.0. The van der Waals surface area contributed by atoms with Crippen LogP contribution in [0.3, 0.4) is 0 Å². The molecule has 5 rings (SSSR count). The summed E-state index contributed by atoms with van der Waals surface area (Å²) in [5, 5.41) is 2.53. The van der Waals surface area contributed by atoms with Gasteiger partial charge in [0, 0.05) is 62.3 Å². The van der Waals surface area contributed by atoms with Gasteiger partial charge in [0.2, 0.25) is 5.91 Å². The van der Waals surface area contributed by atoms with E-state index in [4.69, 9.17) is 14.7 Å². The van der Waals surface area contributed by atoms with Crippen molar-refractivity contribution in [3.63, 3.8) is 0 Å². The largest absolute Gasteiger partial charge is 0.467 e. The Balaban J connectivity index is 1.43. The van der Waals surface area contributed by atoms with Gasteiger partial charge in [-0.2, -0.15) is 9.97 Å². The summed E-state index contributed by atoms with van der Waals surface area (Å²) >= 11 is 0. The third-order valence-corrected chi connectivity index (χ3v) is 6.66. The number of hydrogen-bond donors (Lipinski definition) is 0. The predicted octanol–water partition coefficient (Wildman–Crippen LogP) is 3.08. The molecule has 7 heteroatoms. The number of methoxy groups -OCH3 is 1. The lowest BCUT2D eigenvalue weighted by Crippen LogP contribution is -2.49. The molecule has 0 radical (unpaired) electrons. The number of benzene rings is 2. The number of carbonyl (C=O) groups is 1. The topological polar surface area (TPSA) is 61.8 Å². The molecule has 3 aromatic rings. The smallest absolute Gasteiger partial charge is 0.318 e. The molecule has 3 heterocycles. The molecule has 0 spiro atoms. The van der Waals surface area contributed by atoms with Gasteiger partial charge in [0.1, 0.15) is 5.82 Å². The van der Waals surface area contributed by atoms with Crippen LogP contribution in [0.15, 0.2) is 55.1 Å². The van der Waals surface area contributed by atoms with Crippen molar-refractivity contribution >= 4 is 28.2 Å². The van der Waals surface area contributed by atoms with Crippen molar-refractivity contribution in [3.05, 3.63) is 66.4 Å². The normalized spacial score (nSPS) is 16.3. The van der Waals surface area contributed by atoms with Crippen LogP contribution in [0.25, 0.3) is 10.8 Å². The van der Waals surface area contributed by atoms with Crippen LogP contribution >= 0.6 is 0 Å². The first kappa shape index (κ1) is 21.2. The molecule has 33 heavy (non-hydrogen) atoms. The number of aromatic nitrogens is 2. The summed E-state index contributed by atoms with van der Waals surface area (Å²) in [5.74, 6) is 0.932. The number of ether oxygens (including phenoxy) is 1. The molecule has 0 unspecified atom stereocenters. The number of anilines is 2. The molecular weight excluding hydrogens is 414 g/mol. The lowest BCUT2D eigenvalue weighted by molar-refractivity contribution is -0.126. The number of rotatable bonds is 4. The molecule has 2 aromatic carbocycles. The third kappa shape index (κ3) is 4.11. The minimum atomic E-state index is -0.0144. The number of hydrogen-bond acceptors (Lipinski definition) is 6. The molecule has 0 atom stereocenters. The summed E-state index contributed by atoms with van der Waals surface area (Å²) in [7, 11) is 1.62. The number of carbonyl (C=O) groups excluding carboxylic acids is 1. The van der Waals surface area contributed by atoms with E-state index in [0.717, 1.165) is 50.5 Å². The van der Waals surface area contributed by atoms with Crippen LogP contribution < -0.4 is 14.5 Å². The van der Waals surface area contributed by atoms with E-state index >= 15 is 0 Å². The van der Waals surface area contributed by atoms with E-state index in [9.17, 15) is 4.79 Å². The standard InChI is InChI=1S/C26H29N5O2/c1-3-24(32)30-15-17-31(18-16-30)25-21-11-13-29(14-12-22(21)27-26(28-25)33-2)23-10-6-8-19-7-4-5-9-20(19)23/h3-10H,1,11-18H2,2H3. The van der Waals surface area contributed by atoms with Gasteiger partial charge in [-0.05, 0) is 23.9 Å². The fraction of sp³-hybridized carbons (Fsp3) is 0.346. The molecule has 170 valence electrons. The Hall–Kier alpha value is -3.61. The first-order valence-corrected chi connectivity index (χ1v) is 11.5. The van der Waals surface area contributed by atoms with Gasteiger partial charge < -0.3 is 19.4 Å². The van der Waals surface area contributed by atoms with Gasteiger partial charge in [0.15, 0.2) is 0 Å². The van der Waals surface area contributed by atoms with E-state index in [-0.39, 0.29) is 5.91 Å². The fourth-order valence-electron chi connectivity index (χ4n) is 4.90. The first-order valence-electron chi connectivity index (χ1n) is 11.5. The number of piperazine rings is 1. The molecule has 1 fully saturated rings. The van der Waals surface area contributed by atoms with Crippen LogP contribution in [0.5, 0.6) is 6.01 Å². The summed E-state index contributed by atoms with van der Waals surface area (Å²) in [5.41, 5.74) is 3.52. The van der Waals surface area contributed by atoms with E-state index in [1.54, 1.807) is 7.11 Å². The van der Waals surface area contributed by atoms with Gasteiger partial charge in [-0.15, -0.1) is 0 Å². The van der Waals surface area contributed by atoms with Crippen molar-refractivity contribution in [3.8, 4) is 6.01 Å². The fourth-order valence-corrected chi connectivity index (χ4v) is 4.90. The van der Waals surface area contributed by atoms with Gasteiger partial charge in [-0.25, -0.2) is 0 Å². The van der Waals surface area contributed by atoms with Crippen molar-refractivity contribution in [2.75, 3.05) is 56.2 Å². The molecule has 1 saturated heterocycles. The molecule has 0 aliphatic carbocycles. The van der Waals surface area contributed by atoms with Gasteiger partial charge in [0.05, 0.1) is 12.8 Å². The highest BCUT2D eigenvalue weighted by Crippen LogP contribution is 2.32. The quantitative estimate of drug-likeness (QED) is 0.578. The molecule has 1 amide bonds. The van der Waals surface area contributed by atoms with Crippen molar-refractivity contribution < 1.29 is 9.53 Å². The average Bonchev–Trinajstić information content (AvgIpc) is 3.10. The van der Waals surface area contributed by atoms with E-state index < -0.39 is 0 Å². The van der Waals surface area contributed by atoms with E-state index in [0.29, 0.717) is 19.1 Å². The first-order chi connectivity index (χ1) is 16.2. The zero-order chi connectivity index (χ0) is 22.8. The van der Waals surface area contributed by atoms with E-state index in [2.05, 4.69) is 58.8 Å². The van der Waals surface area contributed by atoms with Crippen LogP contribution in [0.4, 0.5) is 11.5 Å². The second kappa shape index (κ2) is 9.10. The molecule has 1 aromatic heterocycles. The maximum absolute atomic E-state index is 12.0. The van der Waals surface area contributed by atoms with Crippen LogP contribution in [0.2, 0.25) is 0 Å². The Morgan fingerprint density at radius 1 is 0.939 bits per heavy atom. The van der Waals surface area contributed by atoms with E-state index in [1.165, 1.54) is 28.1 Å². The van der Waals surface area contributed by atoms with Crippen molar-refractivity contribution in [1.82, 2.24) is 14.9 Å². The third-order valence-electron chi connectivity index (χ3n) is 6.66. The Labute approximate surface area is 194 Å². The van der Waals surface area contributed by atoms with Crippen molar-refractivity contribution in [1.29, 1.82) is 0 Å². The van der Waals surface area contributed by atoms with Gasteiger partial charge in [0.25, 0.3) is 0 Å². The minimum absolute atomic E-state index is 0.0144. The number of nitrogens with zero attached hydrogens (tertiary/aromatic N) is 5. The van der Waals surface area contributed by atoms with Gasteiger partial charge in [-0.3, -0.25) is 4.79 Å². The Kier molecular flexibility index (Phi) is 5.86. The van der Waals surface area contributed by atoms with Gasteiger partial charge in [-0.1, -0.05) is 43.0 Å². The van der Waals surface area contributed by atoms with Crippen LogP contribution in [-0.4, -0.2) is 67.2 Å². The molecule has 0 saturated carbocycles. The summed E-state index contributed by atoms with van der Waals surface area (Å²) < 4.78 is 5.46. The summed E-state index contributed by atoms with van der Waals surface area (Å²) in [6.45, 7) is 8.19. The SMILES string of the molecule is C=CC(=O)N1CCN(c2nc(OC)nc3c2CCN(c2cccc4ccccc24)CC3)CC1. The highest BCUT2D eigenvalue weighted by Gasteiger charge is 2.27. The second-order valence-corrected chi connectivity index (χ2v) is 8.46. The Bertz CT molecular complexity index is 1180. The highest BCUT2D eigenvalue weighted by molar-refractivity contribution is 5.94. The maximum Gasteiger partial charge on any atom is 0.318 e. The maximum atomic E-state index is 12.0. The number of fused-ring (bicyclic) bond motifs is 2. The molecule has 0 bridgehead atoms. The lowest BCUT2D eigenvalue weighted by atomic mass is 10.1. The number of amides is 1. The van der Waals surface area contributed by atoms with Gasteiger partial charge >= 0.3 is 6.01 Å². The van der Waals surface area contributed by atoms with Crippen LogP contribution in [-0.2, 0) is 17.6 Å². The van der Waals surface area contributed by atoms with Crippen molar-refractivity contribution in [2.45, 2.75) is 12.8 Å². The monoisotopic (exact) mass is 443 g/mol. The molecule has 2 aliphatic heterocycles. The summed E-state index contributed by atoms with van der Waals surface area (Å²) in [4.78, 5) is 28.0. The minimum Gasteiger partial charge on any atom is -0.467 e. The van der Waals surface area contributed by atoms with E-state index in [1.807, 2.05) is 4.90 Å². The molecule has 2 aliphatic rings. The van der Waals surface area contributed by atoms with Crippen LogP contribution in [0, 0.1) is 0 Å². The molecule has 0 N–H and O–H groups in total. The average molecular weight is 444 g/mol. The Morgan fingerprint density at radius 3 is 2.48 bits per heavy atom. The second-order valence-electron chi connectivity index (χ2n) is 8.46. The Morgan fingerprint density at radius 2 is 1.70 bits per heavy atom. The van der Waals surface area contributed by atoms with Crippen molar-refractivity contribution in [2.24, 2.45) is 0 Å².